The molecule has 0 atom stereocenters. The third kappa shape index (κ3) is 3.57. The molecule has 0 radical (unpaired) electrons. The molecular formula is C13H23N5. The zero-order valence-corrected chi connectivity index (χ0v) is 11.3. The van der Waals surface area contributed by atoms with Crippen LogP contribution in [0.25, 0.3) is 0 Å². The van der Waals surface area contributed by atoms with Crippen LogP contribution < -0.4 is 10.6 Å². The molecule has 0 amide bonds. The lowest BCUT2D eigenvalue weighted by atomic mass is 9.97. The second kappa shape index (κ2) is 6.54. The number of nitrogens with one attached hydrogen (secondary N) is 2. The summed E-state index contributed by atoms with van der Waals surface area (Å²) in [5.74, 6) is 2.42. The predicted molar refractivity (Wildman–Crippen MR) is 74.9 cm³/mol. The Hall–Kier alpha value is -1.36. The largest absolute Gasteiger partial charge is 0.372 e. The molecule has 1 aromatic rings. The molecule has 0 saturated carbocycles. The van der Waals surface area contributed by atoms with Crippen LogP contribution in [0.15, 0.2) is 12.4 Å². The fourth-order valence-corrected chi connectivity index (χ4v) is 2.33. The zero-order chi connectivity index (χ0) is 12.8. The van der Waals surface area contributed by atoms with E-state index in [1.54, 1.807) is 12.4 Å². The first-order valence-corrected chi connectivity index (χ1v) is 6.78. The molecule has 0 bridgehead atoms. The molecule has 0 unspecified atom stereocenters. The first-order valence-electron chi connectivity index (χ1n) is 6.78. The van der Waals surface area contributed by atoms with Gasteiger partial charge < -0.3 is 15.5 Å². The SMILES string of the molecule is CCN1CCC(CNc2cncc(NC)n2)CC1. The third-order valence-corrected chi connectivity index (χ3v) is 3.62. The second-order valence-electron chi connectivity index (χ2n) is 4.80. The third-order valence-electron chi connectivity index (χ3n) is 3.62. The van der Waals surface area contributed by atoms with E-state index in [1.807, 2.05) is 7.05 Å². The van der Waals surface area contributed by atoms with Crippen molar-refractivity contribution in [3.63, 3.8) is 0 Å². The van der Waals surface area contributed by atoms with Gasteiger partial charge in [-0.25, -0.2) is 4.98 Å². The molecule has 0 spiro atoms. The number of anilines is 2. The Morgan fingerprint density at radius 3 is 2.67 bits per heavy atom. The van der Waals surface area contributed by atoms with Crippen LogP contribution in [0.2, 0.25) is 0 Å². The molecule has 1 aliphatic rings. The zero-order valence-electron chi connectivity index (χ0n) is 11.3. The van der Waals surface area contributed by atoms with Crippen LogP contribution in [0.1, 0.15) is 19.8 Å². The maximum Gasteiger partial charge on any atom is 0.146 e. The van der Waals surface area contributed by atoms with Crippen molar-refractivity contribution in [3.05, 3.63) is 12.4 Å². The minimum Gasteiger partial charge on any atom is -0.372 e. The molecule has 18 heavy (non-hydrogen) atoms. The van der Waals surface area contributed by atoms with E-state index in [9.17, 15) is 0 Å². The predicted octanol–water partition coefficient (Wildman–Crippen LogP) is 1.66. The smallest absolute Gasteiger partial charge is 0.146 e. The van der Waals surface area contributed by atoms with E-state index in [0.29, 0.717) is 0 Å². The summed E-state index contributed by atoms with van der Waals surface area (Å²) in [6, 6.07) is 0. The molecule has 1 fully saturated rings. The van der Waals surface area contributed by atoms with Crippen LogP contribution in [-0.2, 0) is 0 Å². The standard InChI is InChI=1S/C13H23N5/c1-3-18-6-4-11(5-7-18)8-16-13-10-15-9-12(14-2)17-13/h9-11H,3-8H2,1-2H3,(H2,14,16,17). The van der Waals surface area contributed by atoms with Crippen LogP contribution in [0.5, 0.6) is 0 Å². The number of aromatic nitrogens is 2. The van der Waals surface area contributed by atoms with E-state index in [0.717, 1.165) is 24.1 Å². The topological polar surface area (TPSA) is 53.1 Å². The molecule has 100 valence electrons. The lowest BCUT2D eigenvalue weighted by Crippen LogP contribution is -2.35. The van der Waals surface area contributed by atoms with E-state index in [-0.39, 0.29) is 0 Å². The average Bonchev–Trinajstić information content (AvgIpc) is 2.46. The van der Waals surface area contributed by atoms with Gasteiger partial charge in [0.2, 0.25) is 0 Å². The molecule has 2 N–H and O–H groups in total. The number of likely N-dealkylation sites (tertiary alicyclic amines) is 1. The van der Waals surface area contributed by atoms with Crippen LogP contribution in [0.4, 0.5) is 11.6 Å². The van der Waals surface area contributed by atoms with Gasteiger partial charge in [-0.1, -0.05) is 6.92 Å². The maximum absolute atomic E-state index is 4.41. The van der Waals surface area contributed by atoms with E-state index in [4.69, 9.17) is 0 Å². The number of rotatable bonds is 5. The summed E-state index contributed by atoms with van der Waals surface area (Å²) in [5.41, 5.74) is 0. The molecule has 2 rings (SSSR count). The highest BCUT2D eigenvalue weighted by atomic mass is 15.1. The molecular weight excluding hydrogens is 226 g/mol. The van der Waals surface area contributed by atoms with Crippen molar-refractivity contribution in [2.45, 2.75) is 19.8 Å². The van der Waals surface area contributed by atoms with Crippen molar-refractivity contribution in [2.24, 2.45) is 5.92 Å². The van der Waals surface area contributed by atoms with Gasteiger partial charge in [0, 0.05) is 13.6 Å². The number of piperidine rings is 1. The van der Waals surface area contributed by atoms with Crippen LogP contribution in [-0.4, -0.2) is 48.1 Å². The number of nitrogens with zero attached hydrogens (tertiary/aromatic N) is 3. The summed E-state index contributed by atoms with van der Waals surface area (Å²) in [6.07, 6.45) is 6.06. The molecule has 0 aromatic carbocycles. The number of hydrogen-bond acceptors (Lipinski definition) is 5. The molecule has 0 aliphatic carbocycles. The minimum atomic E-state index is 0.757. The lowest BCUT2D eigenvalue weighted by molar-refractivity contribution is 0.198. The lowest BCUT2D eigenvalue weighted by Gasteiger charge is -2.31. The van der Waals surface area contributed by atoms with E-state index in [2.05, 4.69) is 32.4 Å². The van der Waals surface area contributed by atoms with Gasteiger partial charge in [0.25, 0.3) is 0 Å². The molecule has 2 heterocycles. The van der Waals surface area contributed by atoms with E-state index >= 15 is 0 Å². The highest BCUT2D eigenvalue weighted by molar-refractivity contribution is 5.40. The Kier molecular flexibility index (Phi) is 4.75. The van der Waals surface area contributed by atoms with Gasteiger partial charge in [-0.3, -0.25) is 4.98 Å². The fraction of sp³-hybridized carbons (Fsp3) is 0.692. The normalized spacial score (nSPS) is 17.7. The Morgan fingerprint density at radius 1 is 1.28 bits per heavy atom. The quantitative estimate of drug-likeness (QED) is 0.831. The van der Waals surface area contributed by atoms with Gasteiger partial charge in [-0.2, -0.15) is 0 Å². The molecule has 5 heteroatoms. The second-order valence-corrected chi connectivity index (χ2v) is 4.80. The van der Waals surface area contributed by atoms with Gasteiger partial charge >= 0.3 is 0 Å². The summed E-state index contributed by atoms with van der Waals surface area (Å²) in [7, 11) is 1.86. The summed E-state index contributed by atoms with van der Waals surface area (Å²) >= 11 is 0. The van der Waals surface area contributed by atoms with Crippen LogP contribution in [0.3, 0.4) is 0 Å². The van der Waals surface area contributed by atoms with E-state index in [1.165, 1.54) is 32.5 Å². The summed E-state index contributed by atoms with van der Waals surface area (Å²) in [5, 5.41) is 6.39. The first-order chi connectivity index (χ1) is 8.81. The highest BCUT2D eigenvalue weighted by Crippen LogP contribution is 2.17. The van der Waals surface area contributed by atoms with Crippen molar-refractivity contribution >= 4 is 11.6 Å². The van der Waals surface area contributed by atoms with Crippen molar-refractivity contribution in [2.75, 3.05) is 43.9 Å². The fourth-order valence-electron chi connectivity index (χ4n) is 2.33. The van der Waals surface area contributed by atoms with Gasteiger partial charge in [0.15, 0.2) is 0 Å². The maximum atomic E-state index is 4.41. The summed E-state index contributed by atoms with van der Waals surface area (Å²) < 4.78 is 0. The molecule has 1 saturated heterocycles. The van der Waals surface area contributed by atoms with Crippen molar-refractivity contribution in [1.82, 2.24) is 14.9 Å². The van der Waals surface area contributed by atoms with Crippen molar-refractivity contribution in [3.8, 4) is 0 Å². The Labute approximate surface area is 109 Å². The number of hydrogen-bond donors (Lipinski definition) is 2. The minimum absolute atomic E-state index is 0.757. The van der Waals surface area contributed by atoms with Crippen molar-refractivity contribution in [1.29, 1.82) is 0 Å². The molecule has 1 aliphatic heterocycles. The first kappa shape index (κ1) is 13.1. The molecule has 5 nitrogen and oxygen atoms in total. The Morgan fingerprint density at radius 2 is 2.00 bits per heavy atom. The van der Waals surface area contributed by atoms with Gasteiger partial charge in [0.05, 0.1) is 12.4 Å². The average molecular weight is 249 g/mol. The van der Waals surface area contributed by atoms with Gasteiger partial charge in [-0.15, -0.1) is 0 Å². The molecule has 1 aromatic heterocycles. The van der Waals surface area contributed by atoms with Crippen LogP contribution >= 0.6 is 0 Å². The van der Waals surface area contributed by atoms with Gasteiger partial charge in [0.1, 0.15) is 11.6 Å². The van der Waals surface area contributed by atoms with Crippen molar-refractivity contribution < 1.29 is 0 Å². The Bertz CT molecular complexity index is 360. The summed E-state index contributed by atoms with van der Waals surface area (Å²) in [4.78, 5) is 11.1. The monoisotopic (exact) mass is 249 g/mol. The highest BCUT2D eigenvalue weighted by Gasteiger charge is 2.17. The Balaban J connectivity index is 1.77. The van der Waals surface area contributed by atoms with Gasteiger partial charge in [-0.05, 0) is 38.4 Å². The summed E-state index contributed by atoms with van der Waals surface area (Å²) in [6.45, 7) is 6.86. The van der Waals surface area contributed by atoms with Crippen LogP contribution in [0, 0.1) is 5.92 Å². The van der Waals surface area contributed by atoms with E-state index < -0.39 is 0 Å².